The quantitative estimate of drug-likeness (QED) is 0.581. The molecule has 1 fully saturated rings. The molecule has 1 saturated heterocycles. The minimum Gasteiger partial charge on any atom is -0.478 e. The molecular weight excluding hydrogens is 417 g/mol. The van der Waals surface area contributed by atoms with Crippen molar-refractivity contribution in [3.8, 4) is 11.8 Å². The molecule has 27 heavy (non-hydrogen) atoms. The van der Waals surface area contributed by atoms with E-state index in [1.54, 1.807) is 18.2 Å². The lowest BCUT2D eigenvalue weighted by Gasteiger charge is -2.11. The predicted octanol–water partition coefficient (Wildman–Crippen LogP) is 3.58. The standard InChI is InChI=1S/C19H13BrFN3O3/c20-14-3-6-17(27-8-7-22)13(9-14)10-16-18(25)24(19(26)23-16)11-12-1-4-15(21)5-2-12/h1-6,9-10H,8,11H2,(H,23,26)/b16-10+. The monoisotopic (exact) mass is 429 g/mol. The number of ether oxygens (including phenoxy) is 1. The summed E-state index contributed by atoms with van der Waals surface area (Å²) in [4.78, 5) is 25.8. The number of nitriles is 1. The zero-order valence-electron chi connectivity index (χ0n) is 13.9. The fourth-order valence-electron chi connectivity index (χ4n) is 2.52. The lowest BCUT2D eigenvalue weighted by Crippen LogP contribution is -2.30. The first-order valence-corrected chi connectivity index (χ1v) is 8.65. The van der Waals surface area contributed by atoms with E-state index in [1.165, 1.54) is 30.3 Å². The van der Waals surface area contributed by atoms with Crippen molar-refractivity contribution in [3.05, 3.63) is 69.6 Å². The Balaban J connectivity index is 1.85. The third kappa shape index (κ3) is 4.33. The average Bonchev–Trinajstić information content (AvgIpc) is 2.90. The lowest BCUT2D eigenvalue weighted by atomic mass is 10.1. The van der Waals surface area contributed by atoms with Gasteiger partial charge < -0.3 is 10.1 Å². The summed E-state index contributed by atoms with van der Waals surface area (Å²) in [5.41, 5.74) is 1.25. The van der Waals surface area contributed by atoms with E-state index < -0.39 is 17.8 Å². The van der Waals surface area contributed by atoms with Crippen molar-refractivity contribution in [2.75, 3.05) is 6.61 Å². The SMILES string of the molecule is N#CCOc1ccc(Br)cc1/C=C1/NC(=O)N(Cc2ccc(F)cc2)C1=O. The minimum absolute atomic E-state index is 0.0263. The molecule has 0 unspecified atom stereocenters. The summed E-state index contributed by atoms with van der Waals surface area (Å²) in [5.74, 6) is -0.488. The summed E-state index contributed by atoms with van der Waals surface area (Å²) in [6.45, 7) is -0.118. The number of nitrogens with zero attached hydrogens (tertiary/aromatic N) is 2. The van der Waals surface area contributed by atoms with Gasteiger partial charge in [-0.15, -0.1) is 0 Å². The van der Waals surface area contributed by atoms with Crippen LogP contribution in [0.1, 0.15) is 11.1 Å². The normalized spacial score (nSPS) is 15.0. The van der Waals surface area contributed by atoms with Gasteiger partial charge in [0.25, 0.3) is 5.91 Å². The molecule has 1 N–H and O–H groups in total. The molecule has 6 nitrogen and oxygen atoms in total. The van der Waals surface area contributed by atoms with Crippen LogP contribution in [0, 0.1) is 17.1 Å². The highest BCUT2D eigenvalue weighted by Gasteiger charge is 2.33. The average molecular weight is 430 g/mol. The minimum atomic E-state index is -0.565. The molecule has 136 valence electrons. The molecule has 8 heteroatoms. The van der Waals surface area contributed by atoms with Crippen molar-refractivity contribution in [1.82, 2.24) is 10.2 Å². The first-order valence-electron chi connectivity index (χ1n) is 7.86. The van der Waals surface area contributed by atoms with Crippen LogP contribution < -0.4 is 10.1 Å². The van der Waals surface area contributed by atoms with Gasteiger partial charge in [0.05, 0.1) is 6.54 Å². The maximum atomic E-state index is 13.0. The second kappa shape index (κ2) is 8.01. The molecule has 0 aliphatic carbocycles. The Morgan fingerprint density at radius 2 is 1.96 bits per heavy atom. The first-order chi connectivity index (χ1) is 13.0. The number of carbonyl (C=O) groups excluding carboxylic acids is 2. The Bertz CT molecular complexity index is 967. The van der Waals surface area contributed by atoms with Crippen LogP contribution in [0.4, 0.5) is 9.18 Å². The van der Waals surface area contributed by atoms with Gasteiger partial charge in [-0.1, -0.05) is 28.1 Å². The van der Waals surface area contributed by atoms with Gasteiger partial charge in [-0.25, -0.2) is 9.18 Å². The molecule has 3 rings (SSSR count). The highest BCUT2D eigenvalue weighted by atomic mass is 79.9. The van der Waals surface area contributed by atoms with Gasteiger partial charge in [-0.2, -0.15) is 5.26 Å². The van der Waals surface area contributed by atoms with Crippen molar-refractivity contribution in [1.29, 1.82) is 5.26 Å². The van der Waals surface area contributed by atoms with E-state index in [4.69, 9.17) is 10.00 Å². The van der Waals surface area contributed by atoms with Gasteiger partial charge in [0.15, 0.2) is 6.61 Å². The maximum absolute atomic E-state index is 13.0. The highest BCUT2D eigenvalue weighted by molar-refractivity contribution is 9.10. The van der Waals surface area contributed by atoms with Gasteiger partial charge in [0.1, 0.15) is 23.3 Å². The van der Waals surface area contributed by atoms with Crippen molar-refractivity contribution in [2.45, 2.75) is 6.54 Å². The second-order valence-corrected chi connectivity index (χ2v) is 6.55. The van der Waals surface area contributed by atoms with Gasteiger partial charge in [-0.3, -0.25) is 9.69 Å². The van der Waals surface area contributed by atoms with Crippen LogP contribution in [0.15, 0.2) is 52.6 Å². The summed E-state index contributed by atoms with van der Waals surface area (Å²) < 4.78 is 19.1. The molecule has 2 aromatic carbocycles. The van der Waals surface area contributed by atoms with Crippen LogP contribution in [0.5, 0.6) is 5.75 Å². The summed E-state index contributed by atoms with van der Waals surface area (Å²) in [6, 6.07) is 12.0. The number of benzene rings is 2. The van der Waals surface area contributed by atoms with Crippen molar-refractivity contribution in [2.24, 2.45) is 0 Å². The van der Waals surface area contributed by atoms with Crippen LogP contribution in [0.25, 0.3) is 6.08 Å². The van der Waals surface area contributed by atoms with E-state index in [0.717, 1.165) is 9.37 Å². The van der Waals surface area contributed by atoms with Crippen molar-refractivity contribution in [3.63, 3.8) is 0 Å². The number of hydrogen-bond acceptors (Lipinski definition) is 4. The fourth-order valence-corrected chi connectivity index (χ4v) is 2.90. The third-order valence-electron chi connectivity index (χ3n) is 3.78. The number of halogens is 2. The molecule has 1 aliphatic heterocycles. The summed E-state index contributed by atoms with van der Waals surface area (Å²) in [7, 11) is 0. The number of hydrogen-bond donors (Lipinski definition) is 1. The molecule has 3 amide bonds. The van der Waals surface area contributed by atoms with Crippen LogP contribution >= 0.6 is 15.9 Å². The molecule has 0 radical (unpaired) electrons. The van der Waals surface area contributed by atoms with E-state index in [9.17, 15) is 14.0 Å². The summed E-state index contributed by atoms with van der Waals surface area (Å²) in [6.07, 6.45) is 1.49. The number of imide groups is 1. The van der Waals surface area contributed by atoms with Gasteiger partial charge in [0.2, 0.25) is 0 Å². The number of nitrogens with one attached hydrogen (secondary N) is 1. The van der Waals surface area contributed by atoms with Crippen molar-refractivity contribution < 1.29 is 18.7 Å². The Labute approximate surface area is 163 Å². The molecule has 1 heterocycles. The number of amides is 3. The van der Waals surface area contributed by atoms with E-state index in [-0.39, 0.29) is 18.8 Å². The van der Waals surface area contributed by atoms with E-state index in [1.807, 2.05) is 6.07 Å². The Hall–Kier alpha value is -3.18. The van der Waals surface area contributed by atoms with Crippen LogP contribution in [0.3, 0.4) is 0 Å². The maximum Gasteiger partial charge on any atom is 0.329 e. The van der Waals surface area contributed by atoms with E-state index in [2.05, 4.69) is 21.2 Å². The Morgan fingerprint density at radius 3 is 2.67 bits per heavy atom. The zero-order chi connectivity index (χ0) is 19.4. The molecule has 0 spiro atoms. The highest BCUT2D eigenvalue weighted by Crippen LogP contribution is 2.27. The number of urea groups is 1. The lowest BCUT2D eigenvalue weighted by molar-refractivity contribution is -0.123. The first kappa shape index (κ1) is 18.6. The third-order valence-corrected chi connectivity index (χ3v) is 4.27. The molecule has 0 aromatic heterocycles. The summed E-state index contributed by atoms with van der Waals surface area (Å²) in [5, 5.41) is 11.2. The molecule has 0 saturated carbocycles. The summed E-state index contributed by atoms with van der Waals surface area (Å²) >= 11 is 3.34. The van der Waals surface area contributed by atoms with Gasteiger partial charge in [-0.05, 0) is 42.0 Å². The largest absolute Gasteiger partial charge is 0.478 e. The van der Waals surface area contributed by atoms with E-state index in [0.29, 0.717) is 16.9 Å². The fraction of sp³-hybridized carbons (Fsp3) is 0.105. The van der Waals surface area contributed by atoms with Crippen LogP contribution in [0.2, 0.25) is 0 Å². The molecular formula is C19H13BrFN3O3. The second-order valence-electron chi connectivity index (χ2n) is 5.63. The zero-order valence-corrected chi connectivity index (χ0v) is 15.5. The molecule has 2 aromatic rings. The predicted molar refractivity (Wildman–Crippen MR) is 98.7 cm³/mol. The molecule has 0 atom stereocenters. The van der Waals surface area contributed by atoms with Gasteiger partial charge in [0, 0.05) is 10.0 Å². The Morgan fingerprint density at radius 1 is 1.22 bits per heavy atom. The van der Waals surface area contributed by atoms with Crippen LogP contribution in [-0.4, -0.2) is 23.4 Å². The number of rotatable bonds is 5. The Kier molecular flexibility index (Phi) is 5.52. The van der Waals surface area contributed by atoms with Crippen molar-refractivity contribution >= 4 is 33.9 Å². The topological polar surface area (TPSA) is 82.4 Å². The number of carbonyl (C=O) groups is 2. The molecule has 0 bridgehead atoms. The van der Waals surface area contributed by atoms with Gasteiger partial charge >= 0.3 is 6.03 Å². The molecule has 1 aliphatic rings. The smallest absolute Gasteiger partial charge is 0.329 e. The van der Waals surface area contributed by atoms with Crippen LogP contribution in [-0.2, 0) is 11.3 Å². The van der Waals surface area contributed by atoms with E-state index >= 15 is 0 Å².